The molecule has 1 N–H and O–H groups in total. The average Bonchev–Trinajstić information content (AvgIpc) is 2.82. The summed E-state index contributed by atoms with van der Waals surface area (Å²) in [5.41, 5.74) is 1.49. The van der Waals surface area contributed by atoms with Crippen molar-refractivity contribution >= 4 is 11.3 Å². The third kappa shape index (κ3) is 2.31. The van der Waals surface area contributed by atoms with Crippen molar-refractivity contribution in [3.8, 4) is 0 Å². The van der Waals surface area contributed by atoms with E-state index in [0.29, 0.717) is 0 Å². The second-order valence-electron chi connectivity index (χ2n) is 5.12. The molecule has 0 aliphatic carbocycles. The van der Waals surface area contributed by atoms with Gasteiger partial charge < -0.3 is 5.32 Å². The van der Waals surface area contributed by atoms with E-state index in [1.54, 1.807) is 0 Å². The van der Waals surface area contributed by atoms with E-state index < -0.39 is 0 Å². The van der Waals surface area contributed by atoms with E-state index in [1.165, 1.54) is 44.5 Å². The zero-order valence-electron chi connectivity index (χ0n) is 9.69. The van der Waals surface area contributed by atoms with Crippen LogP contribution < -0.4 is 5.32 Å². The molecule has 0 amide bonds. The molecule has 2 aliphatic heterocycles. The number of nitrogens with zero attached hydrogens (tertiary/aromatic N) is 1. The van der Waals surface area contributed by atoms with Crippen LogP contribution >= 0.6 is 11.3 Å². The lowest BCUT2D eigenvalue weighted by molar-refractivity contribution is 0.109. The first-order valence-electron chi connectivity index (χ1n) is 6.38. The molecule has 1 aromatic heterocycles. The lowest BCUT2D eigenvalue weighted by Crippen LogP contribution is -2.51. The minimum atomic E-state index is 0.812. The lowest BCUT2D eigenvalue weighted by atomic mass is 9.85. The van der Waals surface area contributed by atoms with Gasteiger partial charge in [-0.2, -0.15) is 11.3 Å². The van der Waals surface area contributed by atoms with Gasteiger partial charge in [-0.3, -0.25) is 4.90 Å². The van der Waals surface area contributed by atoms with E-state index in [9.17, 15) is 0 Å². The molecule has 2 saturated heterocycles. The predicted octanol–water partition coefficient (Wildman–Crippen LogP) is 2.32. The molecule has 0 spiro atoms. The highest BCUT2D eigenvalue weighted by molar-refractivity contribution is 7.07. The number of piperidine rings is 2. The summed E-state index contributed by atoms with van der Waals surface area (Å²) >= 11 is 1.81. The maximum absolute atomic E-state index is 3.68. The van der Waals surface area contributed by atoms with Gasteiger partial charge in [0.2, 0.25) is 0 Å². The third-order valence-electron chi connectivity index (χ3n) is 3.96. The van der Waals surface area contributed by atoms with Crippen LogP contribution in [-0.4, -0.2) is 30.6 Å². The Morgan fingerprint density at radius 1 is 1.44 bits per heavy atom. The number of fused-ring (bicyclic) bond motifs is 1. The van der Waals surface area contributed by atoms with Gasteiger partial charge in [0.25, 0.3) is 0 Å². The minimum Gasteiger partial charge on any atom is -0.314 e. The Hall–Kier alpha value is -0.380. The smallest absolute Gasteiger partial charge is 0.0242 e. The standard InChI is InChI=1S/C13H20N2S/c1-2-12-9-15(6-3-13(12)14-5-1)8-11-4-7-16-10-11/h4,7,10,12-14H,1-3,5-6,8-9H2/t12-,13+/m0/s1. The number of nitrogens with one attached hydrogen (secondary N) is 1. The molecule has 0 unspecified atom stereocenters. The Morgan fingerprint density at radius 3 is 3.31 bits per heavy atom. The summed E-state index contributed by atoms with van der Waals surface area (Å²) < 4.78 is 0. The predicted molar refractivity (Wildman–Crippen MR) is 68.7 cm³/mol. The van der Waals surface area contributed by atoms with Crippen molar-refractivity contribution in [3.63, 3.8) is 0 Å². The summed E-state index contributed by atoms with van der Waals surface area (Å²) in [6.07, 6.45) is 4.14. The number of likely N-dealkylation sites (tertiary alicyclic amines) is 1. The highest BCUT2D eigenvalue weighted by Gasteiger charge is 2.30. The quantitative estimate of drug-likeness (QED) is 0.848. The molecule has 3 heteroatoms. The molecule has 0 bridgehead atoms. The van der Waals surface area contributed by atoms with Crippen molar-refractivity contribution in [2.24, 2.45) is 5.92 Å². The first-order chi connectivity index (χ1) is 7.92. The third-order valence-corrected chi connectivity index (χ3v) is 4.69. The van der Waals surface area contributed by atoms with Crippen molar-refractivity contribution in [3.05, 3.63) is 22.4 Å². The molecule has 2 aliphatic rings. The van der Waals surface area contributed by atoms with Crippen molar-refractivity contribution < 1.29 is 0 Å². The molecule has 3 heterocycles. The van der Waals surface area contributed by atoms with Gasteiger partial charge in [0.1, 0.15) is 0 Å². The van der Waals surface area contributed by atoms with E-state index in [2.05, 4.69) is 27.0 Å². The molecular formula is C13H20N2S. The molecular weight excluding hydrogens is 216 g/mol. The van der Waals surface area contributed by atoms with Crippen LogP contribution in [0.15, 0.2) is 16.8 Å². The molecule has 0 saturated carbocycles. The van der Waals surface area contributed by atoms with Crippen LogP contribution in [0.2, 0.25) is 0 Å². The summed E-state index contributed by atoms with van der Waals surface area (Å²) in [5, 5.41) is 8.14. The van der Waals surface area contributed by atoms with Crippen LogP contribution in [0, 0.1) is 5.92 Å². The van der Waals surface area contributed by atoms with Gasteiger partial charge >= 0.3 is 0 Å². The first kappa shape index (κ1) is 10.8. The van der Waals surface area contributed by atoms with Gasteiger partial charge in [-0.15, -0.1) is 0 Å². The van der Waals surface area contributed by atoms with Crippen LogP contribution in [0.4, 0.5) is 0 Å². The molecule has 0 radical (unpaired) electrons. The van der Waals surface area contributed by atoms with Crippen LogP contribution in [0.5, 0.6) is 0 Å². The zero-order chi connectivity index (χ0) is 10.8. The highest BCUT2D eigenvalue weighted by Crippen LogP contribution is 2.25. The summed E-state index contributed by atoms with van der Waals surface area (Å²) in [7, 11) is 0. The fraction of sp³-hybridized carbons (Fsp3) is 0.692. The Kier molecular flexibility index (Phi) is 3.27. The molecule has 3 rings (SSSR count). The van der Waals surface area contributed by atoms with Gasteiger partial charge in [-0.25, -0.2) is 0 Å². The van der Waals surface area contributed by atoms with Gasteiger partial charge in [0, 0.05) is 19.1 Å². The van der Waals surface area contributed by atoms with Gasteiger partial charge in [0.15, 0.2) is 0 Å². The SMILES string of the molecule is c1cc(CN2CC[C@H]3NCCC[C@H]3C2)cs1. The second-order valence-corrected chi connectivity index (χ2v) is 5.90. The lowest BCUT2D eigenvalue weighted by Gasteiger charge is -2.41. The normalized spacial score (nSPS) is 31.2. The highest BCUT2D eigenvalue weighted by atomic mass is 32.1. The van der Waals surface area contributed by atoms with Crippen molar-refractivity contribution in [1.82, 2.24) is 10.2 Å². The van der Waals surface area contributed by atoms with E-state index in [0.717, 1.165) is 18.5 Å². The van der Waals surface area contributed by atoms with Crippen molar-refractivity contribution in [2.75, 3.05) is 19.6 Å². The first-order valence-corrected chi connectivity index (χ1v) is 7.33. The number of hydrogen-bond acceptors (Lipinski definition) is 3. The molecule has 2 atom stereocenters. The van der Waals surface area contributed by atoms with Gasteiger partial charge in [0.05, 0.1) is 0 Å². The van der Waals surface area contributed by atoms with Crippen LogP contribution in [0.3, 0.4) is 0 Å². The van der Waals surface area contributed by atoms with E-state index in [4.69, 9.17) is 0 Å². The maximum atomic E-state index is 3.68. The topological polar surface area (TPSA) is 15.3 Å². The monoisotopic (exact) mass is 236 g/mol. The van der Waals surface area contributed by atoms with Gasteiger partial charge in [-0.05, 0) is 60.7 Å². The summed E-state index contributed by atoms with van der Waals surface area (Å²) in [6.45, 7) is 4.97. The Balaban J connectivity index is 1.58. The molecule has 2 fully saturated rings. The Bertz CT molecular complexity index is 323. The summed E-state index contributed by atoms with van der Waals surface area (Å²) in [5.74, 6) is 0.904. The van der Waals surface area contributed by atoms with Crippen LogP contribution in [0.25, 0.3) is 0 Å². The average molecular weight is 236 g/mol. The zero-order valence-corrected chi connectivity index (χ0v) is 10.5. The molecule has 2 nitrogen and oxygen atoms in total. The maximum Gasteiger partial charge on any atom is 0.0242 e. The van der Waals surface area contributed by atoms with E-state index in [-0.39, 0.29) is 0 Å². The molecule has 1 aromatic rings. The van der Waals surface area contributed by atoms with E-state index >= 15 is 0 Å². The summed E-state index contributed by atoms with van der Waals surface area (Å²) in [6, 6.07) is 3.07. The number of thiophene rings is 1. The molecule has 88 valence electrons. The Labute approximate surface area is 102 Å². The van der Waals surface area contributed by atoms with Crippen molar-refractivity contribution in [2.45, 2.75) is 31.8 Å². The minimum absolute atomic E-state index is 0.812. The van der Waals surface area contributed by atoms with Crippen molar-refractivity contribution in [1.29, 1.82) is 0 Å². The fourth-order valence-electron chi connectivity index (χ4n) is 3.10. The second kappa shape index (κ2) is 4.86. The fourth-order valence-corrected chi connectivity index (χ4v) is 3.76. The largest absolute Gasteiger partial charge is 0.314 e. The van der Waals surface area contributed by atoms with Crippen LogP contribution in [-0.2, 0) is 6.54 Å². The van der Waals surface area contributed by atoms with Gasteiger partial charge in [-0.1, -0.05) is 0 Å². The number of rotatable bonds is 2. The summed E-state index contributed by atoms with van der Waals surface area (Å²) in [4.78, 5) is 2.64. The van der Waals surface area contributed by atoms with Crippen LogP contribution in [0.1, 0.15) is 24.8 Å². The van der Waals surface area contributed by atoms with E-state index in [1.807, 2.05) is 11.3 Å². The number of hydrogen-bond donors (Lipinski definition) is 1. The molecule has 0 aromatic carbocycles. The molecule has 16 heavy (non-hydrogen) atoms. The Morgan fingerprint density at radius 2 is 2.44 bits per heavy atom.